The summed E-state index contributed by atoms with van der Waals surface area (Å²) in [5.41, 5.74) is 4.34. The van der Waals surface area contributed by atoms with Gasteiger partial charge in [-0.3, -0.25) is 0 Å². The second-order valence-corrected chi connectivity index (χ2v) is 6.80. The number of fused-ring (bicyclic) bond motifs is 1. The van der Waals surface area contributed by atoms with E-state index in [-0.39, 0.29) is 0 Å². The van der Waals surface area contributed by atoms with E-state index in [2.05, 4.69) is 42.5 Å². The molecule has 0 aliphatic carbocycles. The number of benzene rings is 4. The standard InChI is InChI=1S/C25H22O2/c26-25-13-11-21(18-27-17-19-6-2-1-3-7-19)16-24(25)15-20-10-12-22-8-4-5-9-23(22)14-20/h1-14,16,26H,15,17-18H2. The zero-order valence-electron chi connectivity index (χ0n) is 15.1. The Bertz CT molecular complexity index is 1040. The molecule has 0 saturated heterocycles. The van der Waals surface area contributed by atoms with Gasteiger partial charge in [-0.2, -0.15) is 0 Å². The van der Waals surface area contributed by atoms with Gasteiger partial charge in [-0.15, -0.1) is 0 Å². The SMILES string of the molecule is Oc1ccc(COCc2ccccc2)cc1Cc1ccc2ccccc2c1. The van der Waals surface area contributed by atoms with Gasteiger partial charge in [0.2, 0.25) is 0 Å². The van der Waals surface area contributed by atoms with Crippen molar-refractivity contribution < 1.29 is 9.84 Å². The van der Waals surface area contributed by atoms with E-state index in [0.29, 0.717) is 25.4 Å². The molecule has 4 aromatic carbocycles. The van der Waals surface area contributed by atoms with Gasteiger partial charge >= 0.3 is 0 Å². The molecule has 0 aromatic heterocycles. The van der Waals surface area contributed by atoms with Crippen LogP contribution in [0.5, 0.6) is 5.75 Å². The number of aromatic hydroxyl groups is 1. The second kappa shape index (κ2) is 8.07. The minimum atomic E-state index is 0.329. The molecule has 0 unspecified atom stereocenters. The Morgan fingerprint density at radius 1 is 0.593 bits per heavy atom. The first-order valence-corrected chi connectivity index (χ1v) is 9.18. The average molecular weight is 354 g/mol. The van der Waals surface area contributed by atoms with Crippen LogP contribution in [0.15, 0.2) is 91.0 Å². The molecule has 2 nitrogen and oxygen atoms in total. The van der Waals surface area contributed by atoms with Crippen LogP contribution in [0.3, 0.4) is 0 Å². The highest BCUT2D eigenvalue weighted by Crippen LogP contribution is 2.24. The van der Waals surface area contributed by atoms with Crippen LogP contribution in [0.1, 0.15) is 22.3 Å². The van der Waals surface area contributed by atoms with Crippen molar-refractivity contribution in [1.29, 1.82) is 0 Å². The molecule has 2 heteroatoms. The molecule has 4 rings (SSSR count). The Morgan fingerprint density at radius 2 is 1.30 bits per heavy atom. The fraction of sp³-hybridized carbons (Fsp3) is 0.120. The Morgan fingerprint density at radius 3 is 2.15 bits per heavy atom. The number of hydrogen-bond donors (Lipinski definition) is 1. The molecule has 0 saturated carbocycles. The number of hydrogen-bond acceptors (Lipinski definition) is 2. The largest absolute Gasteiger partial charge is 0.508 e. The molecule has 0 fully saturated rings. The lowest BCUT2D eigenvalue weighted by Gasteiger charge is -2.10. The maximum atomic E-state index is 10.3. The summed E-state index contributed by atoms with van der Waals surface area (Å²) < 4.78 is 5.83. The monoisotopic (exact) mass is 354 g/mol. The van der Waals surface area contributed by atoms with Crippen molar-refractivity contribution in [1.82, 2.24) is 0 Å². The molecule has 0 heterocycles. The third-order valence-electron chi connectivity index (χ3n) is 4.73. The summed E-state index contributed by atoms with van der Waals surface area (Å²) >= 11 is 0. The number of phenolic OH excluding ortho intramolecular Hbond substituents is 1. The first-order valence-electron chi connectivity index (χ1n) is 9.18. The zero-order chi connectivity index (χ0) is 18.5. The highest BCUT2D eigenvalue weighted by atomic mass is 16.5. The summed E-state index contributed by atoms with van der Waals surface area (Å²) in [6.45, 7) is 1.11. The normalized spacial score (nSPS) is 11.0. The lowest BCUT2D eigenvalue weighted by atomic mass is 9.99. The molecule has 27 heavy (non-hydrogen) atoms. The molecule has 0 spiro atoms. The second-order valence-electron chi connectivity index (χ2n) is 6.80. The molecule has 0 bridgehead atoms. The highest BCUT2D eigenvalue weighted by Gasteiger charge is 2.06. The third kappa shape index (κ3) is 4.36. The van der Waals surface area contributed by atoms with Gasteiger partial charge in [0.05, 0.1) is 13.2 Å². The van der Waals surface area contributed by atoms with Gasteiger partial charge in [-0.25, -0.2) is 0 Å². The van der Waals surface area contributed by atoms with Crippen LogP contribution in [0.25, 0.3) is 10.8 Å². The quantitative estimate of drug-likeness (QED) is 0.470. The van der Waals surface area contributed by atoms with Gasteiger partial charge in [0.1, 0.15) is 5.75 Å². The van der Waals surface area contributed by atoms with Gasteiger partial charge in [0.15, 0.2) is 0 Å². The molecule has 0 aliphatic rings. The molecular formula is C25H22O2. The van der Waals surface area contributed by atoms with E-state index in [1.165, 1.54) is 16.3 Å². The van der Waals surface area contributed by atoms with Crippen LogP contribution in [-0.4, -0.2) is 5.11 Å². The van der Waals surface area contributed by atoms with E-state index < -0.39 is 0 Å². The van der Waals surface area contributed by atoms with Crippen LogP contribution >= 0.6 is 0 Å². The van der Waals surface area contributed by atoms with Crippen molar-refractivity contribution in [2.24, 2.45) is 0 Å². The van der Waals surface area contributed by atoms with E-state index >= 15 is 0 Å². The minimum Gasteiger partial charge on any atom is -0.508 e. The van der Waals surface area contributed by atoms with Gasteiger partial charge in [-0.05, 0) is 45.2 Å². The Labute approximate surface area is 159 Å². The summed E-state index contributed by atoms with van der Waals surface area (Å²) in [5.74, 6) is 0.329. The van der Waals surface area contributed by atoms with Crippen molar-refractivity contribution in [2.75, 3.05) is 0 Å². The average Bonchev–Trinajstić information content (AvgIpc) is 2.71. The van der Waals surface area contributed by atoms with E-state index in [4.69, 9.17) is 4.74 Å². The van der Waals surface area contributed by atoms with Crippen LogP contribution in [0.2, 0.25) is 0 Å². The fourth-order valence-electron chi connectivity index (χ4n) is 3.30. The van der Waals surface area contributed by atoms with Crippen LogP contribution in [0, 0.1) is 0 Å². The van der Waals surface area contributed by atoms with E-state index in [9.17, 15) is 5.11 Å². The molecule has 1 N–H and O–H groups in total. The lowest BCUT2D eigenvalue weighted by molar-refractivity contribution is 0.107. The summed E-state index contributed by atoms with van der Waals surface area (Å²) in [5, 5.41) is 12.7. The van der Waals surface area contributed by atoms with Crippen molar-refractivity contribution >= 4 is 10.8 Å². The molecule has 0 amide bonds. The lowest BCUT2D eigenvalue weighted by Crippen LogP contribution is -1.96. The van der Waals surface area contributed by atoms with E-state index in [1.54, 1.807) is 6.07 Å². The summed E-state index contributed by atoms with van der Waals surface area (Å²) in [7, 11) is 0. The van der Waals surface area contributed by atoms with Gasteiger partial charge in [0, 0.05) is 6.42 Å². The van der Waals surface area contributed by atoms with Crippen molar-refractivity contribution in [3.05, 3.63) is 113 Å². The highest BCUT2D eigenvalue weighted by molar-refractivity contribution is 5.83. The first kappa shape index (κ1) is 17.3. The van der Waals surface area contributed by atoms with Crippen LogP contribution in [0.4, 0.5) is 0 Å². The molecule has 0 aliphatic heterocycles. The Hall–Kier alpha value is -3.10. The van der Waals surface area contributed by atoms with Crippen molar-refractivity contribution in [3.8, 4) is 5.75 Å². The fourth-order valence-corrected chi connectivity index (χ4v) is 3.30. The van der Waals surface area contributed by atoms with Gasteiger partial charge < -0.3 is 9.84 Å². The molecule has 134 valence electrons. The van der Waals surface area contributed by atoms with Crippen LogP contribution in [-0.2, 0) is 24.4 Å². The Kier molecular flexibility index (Phi) is 5.17. The summed E-state index contributed by atoms with van der Waals surface area (Å²) in [6.07, 6.45) is 0.698. The molecular weight excluding hydrogens is 332 g/mol. The van der Waals surface area contributed by atoms with E-state index in [1.807, 2.05) is 42.5 Å². The Balaban J connectivity index is 1.46. The maximum absolute atomic E-state index is 10.3. The van der Waals surface area contributed by atoms with Crippen LogP contribution < -0.4 is 0 Å². The smallest absolute Gasteiger partial charge is 0.119 e. The molecule has 0 atom stereocenters. The summed E-state index contributed by atoms with van der Waals surface area (Å²) in [4.78, 5) is 0. The van der Waals surface area contributed by atoms with Crippen molar-refractivity contribution in [3.63, 3.8) is 0 Å². The molecule has 4 aromatic rings. The first-order chi connectivity index (χ1) is 13.3. The number of rotatable bonds is 6. The molecule has 0 radical (unpaired) electrons. The van der Waals surface area contributed by atoms with Gasteiger partial charge in [-0.1, -0.05) is 78.9 Å². The predicted molar refractivity (Wildman–Crippen MR) is 110 cm³/mol. The minimum absolute atomic E-state index is 0.329. The number of phenols is 1. The van der Waals surface area contributed by atoms with Gasteiger partial charge in [0.25, 0.3) is 0 Å². The zero-order valence-corrected chi connectivity index (χ0v) is 15.1. The summed E-state index contributed by atoms with van der Waals surface area (Å²) in [6, 6.07) is 30.6. The maximum Gasteiger partial charge on any atom is 0.119 e. The van der Waals surface area contributed by atoms with E-state index in [0.717, 1.165) is 16.7 Å². The van der Waals surface area contributed by atoms with Crippen molar-refractivity contribution in [2.45, 2.75) is 19.6 Å². The number of ether oxygens (including phenoxy) is 1. The topological polar surface area (TPSA) is 29.5 Å². The predicted octanol–water partition coefficient (Wildman–Crippen LogP) is 5.85. The third-order valence-corrected chi connectivity index (χ3v) is 4.73.